The number of aromatic nitrogens is 2. The number of esters is 1. The molecule has 3 heterocycles. The summed E-state index contributed by atoms with van der Waals surface area (Å²) in [7, 11) is 0. The van der Waals surface area contributed by atoms with Crippen molar-refractivity contribution in [2.45, 2.75) is 75.8 Å². The molecule has 14 heteroatoms. The van der Waals surface area contributed by atoms with Crippen LogP contribution < -0.4 is 4.90 Å². The average Bonchev–Trinajstić information content (AvgIpc) is 3.02. The zero-order valence-electron chi connectivity index (χ0n) is 25.8. The summed E-state index contributed by atoms with van der Waals surface area (Å²) in [5.41, 5.74) is 0.728. The highest BCUT2D eigenvalue weighted by molar-refractivity contribution is 6.30. The minimum atomic E-state index is -1.65. The van der Waals surface area contributed by atoms with E-state index in [1.807, 2.05) is 0 Å². The number of nitrogens with zero attached hydrogens (tertiary/aromatic N) is 4. The number of aliphatic hydroxyl groups excluding tert-OH is 5. The Kier molecular flexibility index (Phi) is 13.5. The number of halogens is 2. The first-order chi connectivity index (χ1) is 22.0. The number of likely N-dealkylation sites (tertiary alicyclic amines) is 1. The monoisotopic (exact) mass is 666 g/mol. The molecule has 0 saturated carbocycles. The minimum absolute atomic E-state index is 0.0575. The molecule has 2 aromatic rings. The van der Waals surface area contributed by atoms with Gasteiger partial charge in [-0.25, -0.2) is 14.4 Å². The van der Waals surface area contributed by atoms with E-state index in [0.717, 1.165) is 32.4 Å². The second kappa shape index (κ2) is 17.3. The van der Waals surface area contributed by atoms with Crippen molar-refractivity contribution in [1.82, 2.24) is 14.9 Å². The number of rotatable bonds is 16. The molecule has 5 N–H and O–H groups in total. The first-order valence-corrected chi connectivity index (χ1v) is 16.2. The third kappa shape index (κ3) is 10.3. The van der Waals surface area contributed by atoms with Gasteiger partial charge >= 0.3 is 5.97 Å². The van der Waals surface area contributed by atoms with E-state index >= 15 is 0 Å². The van der Waals surface area contributed by atoms with Crippen molar-refractivity contribution in [3.63, 3.8) is 0 Å². The lowest BCUT2D eigenvalue weighted by molar-refractivity contribution is -0.143. The van der Waals surface area contributed by atoms with Gasteiger partial charge in [0.25, 0.3) is 0 Å². The lowest BCUT2D eigenvalue weighted by atomic mass is 9.91. The van der Waals surface area contributed by atoms with Crippen LogP contribution in [-0.4, -0.2) is 116 Å². The predicted molar refractivity (Wildman–Crippen MR) is 166 cm³/mol. The predicted octanol–water partition coefficient (Wildman–Crippen LogP) is 1.27. The van der Waals surface area contributed by atoms with Crippen molar-refractivity contribution in [3.8, 4) is 0 Å². The Hall–Kier alpha value is -2.94. The third-order valence-corrected chi connectivity index (χ3v) is 9.04. The molecule has 2 fully saturated rings. The van der Waals surface area contributed by atoms with E-state index in [9.17, 15) is 34.4 Å². The summed E-state index contributed by atoms with van der Waals surface area (Å²) in [6.07, 6.45) is 1.02. The summed E-state index contributed by atoms with van der Waals surface area (Å²) in [6.45, 7) is 2.21. The standard InChI is InChI=1S/C32H44ClFN4O8/c33-24-15-35-32(36-16-24)37-9-6-20(7-10-37)8-11-46-29(43)13-21-4-5-23(25(34)12-21)14-28(42)38-17-22(18-38)2-1-3-26(40)30(44)31(45)27(41)19-39/h4-5,12,15-16,20,22,26-27,30-31,39-41,44-45H,1-3,6-11,13-14,17-19H2/t26-,27+,30+,31+/m0/s1. The molecule has 1 aromatic carbocycles. The summed E-state index contributed by atoms with van der Waals surface area (Å²) in [5.74, 6) is 0.109. The molecule has 2 aliphatic rings. The summed E-state index contributed by atoms with van der Waals surface area (Å²) in [4.78, 5) is 37.3. The fourth-order valence-corrected chi connectivity index (χ4v) is 5.97. The normalized spacial score (nSPS) is 18.5. The zero-order valence-corrected chi connectivity index (χ0v) is 26.5. The molecule has 1 amide bonds. The fraction of sp³-hybridized carbons (Fsp3) is 0.625. The highest BCUT2D eigenvalue weighted by Gasteiger charge is 2.32. The van der Waals surface area contributed by atoms with Crippen molar-refractivity contribution < 1.29 is 44.2 Å². The Morgan fingerprint density at radius 2 is 1.65 bits per heavy atom. The molecule has 254 valence electrons. The molecule has 0 aliphatic carbocycles. The molecule has 0 unspecified atom stereocenters. The Balaban J connectivity index is 1.09. The number of anilines is 1. The van der Waals surface area contributed by atoms with Crippen LogP contribution in [0, 0.1) is 17.7 Å². The van der Waals surface area contributed by atoms with Gasteiger partial charge in [0.15, 0.2) is 0 Å². The lowest BCUT2D eigenvalue weighted by Gasteiger charge is -2.39. The minimum Gasteiger partial charge on any atom is -0.465 e. The molecule has 0 spiro atoms. The molecule has 2 saturated heterocycles. The Labute approximate surface area is 272 Å². The number of hydrogen-bond donors (Lipinski definition) is 5. The number of benzene rings is 1. The van der Waals surface area contributed by atoms with E-state index in [1.165, 1.54) is 12.1 Å². The molecule has 4 atom stereocenters. The maximum atomic E-state index is 14.8. The molecular formula is C32H44ClFN4O8. The van der Waals surface area contributed by atoms with Gasteiger partial charge in [0.1, 0.15) is 24.1 Å². The number of carbonyl (C=O) groups excluding carboxylic acids is 2. The van der Waals surface area contributed by atoms with E-state index in [4.69, 9.17) is 21.4 Å². The highest BCUT2D eigenvalue weighted by atomic mass is 35.5. The van der Waals surface area contributed by atoms with Crippen LogP contribution in [0.1, 0.15) is 49.7 Å². The summed E-state index contributed by atoms with van der Waals surface area (Å²) >= 11 is 5.86. The lowest BCUT2D eigenvalue weighted by Crippen LogP contribution is -2.50. The Morgan fingerprint density at radius 1 is 0.978 bits per heavy atom. The largest absolute Gasteiger partial charge is 0.465 e. The Bertz CT molecular complexity index is 1280. The van der Waals surface area contributed by atoms with Gasteiger partial charge in [0, 0.05) is 26.2 Å². The first-order valence-electron chi connectivity index (χ1n) is 15.8. The molecular weight excluding hydrogens is 623 g/mol. The zero-order chi connectivity index (χ0) is 33.2. The molecule has 0 bridgehead atoms. The fourth-order valence-electron chi connectivity index (χ4n) is 5.87. The molecule has 0 radical (unpaired) electrons. The maximum absolute atomic E-state index is 14.8. The highest BCUT2D eigenvalue weighted by Crippen LogP contribution is 2.25. The van der Waals surface area contributed by atoms with Gasteiger partial charge in [0.2, 0.25) is 11.9 Å². The third-order valence-electron chi connectivity index (χ3n) is 8.85. The SMILES string of the molecule is O=C(Cc1ccc(CC(=O)N2CC(CCC[C@H](O)[C@@H](O)[C@H](O)[C@H](O)CO)C2)c(F)c1)OCCC1CCN(c2ncc(Cl)cn2)CC1. The van der Waals surface area contributed by atoms with Crippen molar-refractivity contribution in [3.05, 3.63) is 52.6 Å². The van der Waals surface area contributed by atoms with Crippen LogP contribution in [0.4, 0.5) is 10.3 Å². The topological polar surface area (TPSA) is 177 Å². The number of carbonyl (C=O) groups is 2. The van der Waals surface area contributed by atoms with Crippen LogP contribution in [0.25, 0.3) is 0 Å². The molecule has 1 aromatic heterocycles. The van der Waals surface area contributed by atoms with Crippen LogP contribution in [0.3, 0.4) is 0 Å². The summed E-state index contributed by atoms with van der Waals surface area (Å²) in [5, 5.41) is 48.4. The van der Waals surface area contributed by atoms with E-state index in [0.29, 0.717) is 55.0 Å². The first kappa shape index (κ1) is 35.9. The van der Waals surface area contributed by atoms with Crippen molar-refractivity contribution >= 4 is 29.4 Å². The number of amides is 1. The van der Waals surface area contributed by atoms with Gasteiger partial charge in [-0.1, -0.05) is 30.2 Å². The van der Waals surface area contributed by atoms with Crippen molar-refractivity contribution in [2.24, 2.45) is 11.8 Å². The quantitative estimate of drug-likeness (QED) is 0.163. The number of hydrogen-bond acceptors (Lipinski definition) is 11. The van der Waals surface area contributed by atoms with E-state index < -0.39 is 42.8 Å². The second-order valence-corrected chi connectivity index (χ2v) is 12.8. The average molecular weight is 667 g/mol. The van der Waals surface area contributed by atoms with Crippen LogP contribution >= 0.6 is 11.6 Å². The molecule has 46 heavy (non-hydrogen) atoms. The van der Waals surface area contributed by atoms with Gasteiger partial charge in [-0.3, -0.25) is 9.59 Å². The molecule has 4 rings (SSSR count). The van der Waals surface area contributed by atoms with Gasteiger partial charge in [0.05, 0.1) is 49.6 Å². The summed E-state index contributed by atoms with van der Waals surface area (Å²) < 4.78 is 20.2. The Morgan fingerprint density at radius 3 is 2.30 bits per heavy atom. The van der Waals surface area contributed by atoms with Crippen LogP contribution in [0.2, 0.25) is 5.02 Å². The van der Waals surface area contributed by atoms with E-state index in [2.05, 4.69) is 14.9 Å². The molecule has 12 nitrogen and oxygen atoms in total. The van der Waals surface area contributed by atoms with Gasteiger partial charge in [-0.15, -0.1) is 0 Å². The smallest absolute Gasteiger partial charge is 0.310 e. The summed E-state index contributed by atoms with van der Waals surface area (Å²) in [6, 6.07) is 4.43. The van der Waals surface area contributed by atoms with Gasteiger partial charge in [-0.05, 0) is 61.1 Å². The number of aliphatic hydroxyl groups is 5. The van der Waals surface area contributed by atoms with Crippen molar-refractivity contribution in [2.75, 3.05) is 44.3 Å². The van der Waals surface area contributed by atoms with Crippen LogP contribution in [0.15, 0.2) is 30.6 Å². The van der Waals surface area contributed by atoms with E-state index in [1.54, 1.807) is 23.4 Å². The maximum Gasteiger partial charge on any atom is 0.310 e. The van der Waals surface area contributed by atoms with E-state index in [-0.39, 0.29) is 36.7 Å². The van der Waals surface area contributed by atoms with Crippen LogP contribution in [-0.2, 0) is 27.2 Å². The van der Waals surface area contributed by atoms with Gasteiger partial charge in [-0.2, -0.15) is 0 Å². The number of piperidine rings is 1. The van der Waals surface area contributed by atoms with Crippen LogP contribution in [0.5, 0.6) is 0 Å². The van der Waals surface area contributed by atoms with Crippen molar-refractivity contribution in [1.29, 1.82) is 0 Å². The molecule has 2 aliphatic heterocycles. The van der Waals surface area contributed by atoms with Gasteiger partial charge < -0.3 is 40.1 Å². The second-order valence-electron chi connectivity index (χ2n) is 12.3. The number of ether oxygens (including phenoxy) is 1.